The van der Waals surface area contributed by atoms with Crippen LogP contribution in [0.3, 0.4) is 0 Å². The highest BCUT2D eigenvalue weighted by atomic mass is 19.1. The van der Waals surface area contributed by atoms with Crippen LogP contribution < -0.4 is 10.3 Å². The third kappa shape index (κ3) is 5.52. The van der Waals surface area contributed by atoms with E-state index in [0.29, 0.717) is 47.3 Å². The van der Waals surface area contributed by atoms with Gasteiger partial charge in [-0.05, 0) is 88.8 Å². The Balaban J connectivity index is 1.22. The number of piperazine rings is 1. The fraction of sp³-hybridized carbons (Fsp3) is 0.484. The van der Waals surface area contributed by atoms with Crippen molar-refractivity contribution in [3.8, 4) is 5.75 Å². The Kier molecular flexibility index (Phi) is 6.95. The molecule has 4 aliphatic rings. The molecule has 0 spiro atoms. The lowest BCUT2D eigenvalue weighted by Crippen LogP contribution is -2.65. The Morgan fingerprint density at radius 1 is 1.00 bits per heavy atom. The number of aromatic nitrogens is 2. The van der Waals surface area contributed by atoms with E-state index in [9.17, 15) is 14.4 Å². The summed E-state index contributed by atoms with van der Waals surface area (Å²) in [7, 11) is 0. The van der Waals surface area contributed by atoms with Gasteiger partial charge < -0.3 is 19.3 Å². The van der Waals surface area contributed by atoms with E-state index in [1.165, 1.54) is 6.07 Å². The summed E-state index contributed by atoms with van der Waals surface area (Å²) in [6.07, 6.45) is 4.80. The lowest BCUT2D eigenvalue weighted by Gasteiger charge is -2.51. The third-order valence-corrected chi connectivity index (χ3v) is 8.25. The first-order valence-electron chi connectivity index (χ1n) is 14.3. The number of rotatable bonds is 5. The van der Waals surface area contributed by atoms with Crippen LogP contribution in [0.25, 0.3) is 10.8 Å². The second kappa shape index (κ2) is 10.5. The van der Waals surface area contributed by atoms with Crippen molar-refractivity contribution in [3.05, 3.63) is 69.4 Å². The number of carbonyl (C=O) groups is 2. The molecule has 1 N–H and O–H groups in total. The Morgan fingerprint density at radius 2 is 1.73 bits per heavy atom. The predicted octanol–water partition coefficient (Wildman–Crippen LogP) is 4.81. The van der Waals surface area contributed by atoms with E-state index in [4.69, 9.17) is 9.47 Å². The van der Waals surface area contributed by atoms with Crippen LogP contribution in [-0.2, 0) is 11.2 Å². The van der Waals surface area contributed by atoms with E-state index in [-0.39, 0.29) is 35.4 Å². The predicted molar refractivity (Wildman–Crippen MR) is 151 cm³/mol. The summed E-state index contributed by atoms with van der Waals surface area (Å²) in [6.45, 7) is 6.18. The summed E-state index contributed by atoms with van der Waals surface area (Å²) in [5.74, 6) is -0.301. The van der Waals surface area contributed by atoms with E-state index in [0.717, 1.165) is 32.1 Å². The van der Waals surface area contributed by atoms with Crippen molar-refractivity contribution in [2.24, 2.45) is 0 Å². The Hall–Kier alpha value is -3.95. The van der Waals surface area contributed by atoms with Crippen LogP contribution >= 0.6 is 0 Å². The van der Waals surface area contributed by atoms with Crippen molar-refractivity contribution in [3.63, 3.8) is 0 Å². The standard InChI is InChI=1S/C31H35FN4O5/c1-31(2,3)41-30(39)36-17-19-8-9-20(36)16-35(19)29(38)25-13-18(7-12-26(25)32)14-27-24-15-22(40-21-5-4-6-21)10-11-23(24)28(37)34-33-27/h7,10-13,15,19-21H,4-6,8-9,14,16-17H2,1-3H3,(H,34,37). The third-order valence-electron chi connectivity index (χ3n) is 8.25. The van der Waals surface area contributed by atoms with Gasteiger partial charge in [0, 0.05) is 30.9 Å². The summed E-state index contributed by atoms with van der Waals surface area (Å²) in [6, 6.07) is 9.49. The highest BCUT2D eigenvalue weighted by Gasteiger charge is 2.44. The minimum atomic E-state index is -0.607. The average Bonchev–Trinajstić information content (AvgIpc) is 2.92. The molecule has 1 aromatic heterocycles. The molecule has 1 aliphatic carbocycles. The molecule has 3 aromatic rings. The molecule has 2 atom stereocenters. The topological polar surface area (TPSA) is 105 Å². The molecule has 3 saturated heterocycles. The number of nitrogens with zero attached hydrogens (tertiary/aromatic N) is 3. The average molecular weight is 563 g/mol. The molecule has 1 saturated carbocycles. The van der Waals surface area contributed by atoms with Gasteiger partial charge in [-0.2, -0.15) is 5.10 Å². The number of fused-ring (bicyclic) bond motifs is 4. The Morgan fingerprint density at radius 3 is 2.39 bits per heavy atom. The van der Waals surface area contributed by atoms with Gasteiger partial charge in [0.2, 0.25) is 0 Å². The molecule has 2 amide bonds. The van der Waals surface area contributed by atoms with Gasteiger partial charge in [-0.1, -0.05) is 6.07 Å². The normalized spacial score (nSPS) is 20.7. The van der Waals surface area contributed by atoms with Crippen LogP contribution in [0.1, 0.15) is 74.5 Å². The van der Waals surface area contributed by atoms with Crippen molar-refractivity contribution in [1.82, 2.24) is 20.0 Å². The molecule has 7 rings (SSSR count). The maximum absolute atomic E-state index is 15.1. The lowest BCUT2D eigenvalue weighted by molar-refractivity contribution is -0.0342. The highest BCUT2D eigenvalue weighted by molar-refractivity contribution is 5.95. The van der Waals surface area contributed by atoms with Gasteiger partial charge in [-0.25, -0.2) is 14.3 Å². The molecule has 3 aliphatic heterocycles. The monoisotopic (exact) mass is 562 g/mol. The van der Waals surface area contributed by atoms with Crippen LogP contribution in [0.2, 0.25) is 0 Å². The minimum Gasteiger partial charge on any atom is -0.490 e. The molecule has 2 bridgehead atoms. The summed E-state index contributed by atoms with van der Waals surface area (Å²) >= 11 is 0. The van der Waals surface area contributed by atoms with Gasteiger partial charge in [0.25, 0.3) is 11.5 Å². The number of H-pyrrole nitrogens is 1. The highest BCUT2D eigenvalue weighted by Crippen LogP contribution is 2.32. The van der Waals surface area contributed by atoms with Crippen molar-refractivity contribution in [2.45, 2.75) is 83.1 Å². The number of amides is 2. The number of aromatic amines is 1. The zero-order valence-electron chi connectivity index (χ0n) is 23.6. The molecular weight excluding hydrogens is 527 g/mol. The molecule has 2 aromatic carbocycles. The van der Waals surface area contributed by atoms with Crippen LogP contribution in [-0.4, -0.2) is 68.9 Å². The van der Waals surface area contributed by atoms with E-state index < -0.39 is 17.3 Å². The number of hydrogen-bond donors (Lipinski definition) is 1. The smallest absolute Gasteiger partial charge is 0.410 e. The molecule has 216 valence electrons. The number of carbonyl (C=O) groups excluding carboxylic acids is 2. The van der Waals surface area contributed by atoms with Crippen molar-refractivity contribution >= 4 is 22.8 Å². The number of hydrogen-bond acceptors (Lipinski definition) is 6. The maximum atomic E-state index is 15.1. The summed E-state index contributed by atoms with van der Waals surface area (Å²) in [5.41, 5.74) is 0.382. The molecule has 2 unspecified atom stereocenters. The zero-order chi connectivity index (χ0) is 28.9. The molecule has 9 nitrogen and oxygen atoms in total. The second-order valence-electron chi connectivity index (χ2n) is 12.3. The first-order valence-corrected chi connectivity index (χ1v) is 14.3. The van der Waals surface area contributed by atoms with Crippen molar-refractivity contribution in [1.29, 1.82) is 0 Å². The first-order chi connectivity index (χ1) is 19.6. The summed E-state index contributed by atoms with van der Waals surface area (Å²) < 4.78 is 26.7. The minimum absolute atomic E-state index is 0.0124. The summed E-state index contributed by atoms with van der Waals surface area (Å²) in [5, 5.41) is 8.01. The van der Waals surface area contributed by atoms with Crippen molar-refractivity contribution < 1.29 is 23.5 Å². The summed E-state index contributed by atoms with van der Waals surface area (Å²) in [4.78, 5) is 42.2. The van der Waals surface area contributed by atoms with Gasteiger partial charge in [0.05, 0.1) is 28.8 Å². The zero-order valence-corrected chi connectivity index (χ0v) is 23.6. The molecular formula is C31H35FN4O5. The van der Waals surface area contributed by atoms with Crippen LogP contribution in [0.15, 0.2) is 41.2 Å². The number of benzene rings is 2. The van der Waals surface area contributed by atoms with Crippen LogP contribution in [0.5, 0.6) is 5.75 Å². The van der Waals surface area contributed by atoms with E-state index >= 15 is 4.39 Å². The Bertz CT molecular complexity index is 1560. The Labute approximate surface area is 237 Å². The fourth-order valence-corrected chi connectivity index (χ4v) is 5.90. The number of halogens is 1. The second-order valence-corrected chi connectivity index (χ2v) is 12.3. The number of ether oxygens (including phenoxy) is 2. The van der Waals surface area contributed by atoms with E-state index in [1.54, 1.807) is 34.1 Å². The lowest BCUT2D eigenvalue weighted by atomic mass is 9.90. The van der Waals surface area contributed by atoms with E-state index in [2.05, 4.69) is 10.2 Å². The molecule has 41 heavy (non-hydrogen) atoms. The van der Waals surface area contributed by atoms with Gasteiger partial charge in [-0.15, -0.1) is 0 Å². The van der Waals surface area contributed by atoms with Crippen molar-refractivity contribution in [2.75, 3.05) is 13.1 Å². The SMILES string of the molecule is CC(C)(C)OC(=O)N1CC2CCC1CN2C(=O)c1cc(Cc2n[nH]c(=O)c3ccc(OC4CCC4)cc23)ccc1F. The van der Waals surface area contributed by atoms with Gasteiger partial charge in [-0.3, -0.25) is 9.59 Å². The molecule has 10 heteroatoms. The number of nitrogens with one attached hydrogen (secondary N) is 1. The van der Waals surface area contributed by atoms with Gasteiger partial charge >= 0.3 is 6.09 Å². The number of piperidine rings is 2. The van der Waals surface area contributed by atoms with Crippen LogP contribution in [0.4, 0.5) is 9.18 Å². The molecule has 0 radical (unpaired) electrons. The fourth-order valence-electron chi connectivity index (χ4n) is 5.90. The largest absolute Gasteiger partial charge is 0.490 e. The maximum Gasteiger partial charge on any atom is 0.410 e. The van der Waals surface area contributed by atoms with E-state index in [1.807, 2.05) is 26.8 Å². The van der Waals surface area contributed by atoms with Crippen LogP contribution in [0, 0.1) is 5.82 Å². The first kappa shape index (κ1) is 27.2. The molecule has 4 heterocycles. The molecule has 4 fully saturated rings. The van der Waals surface area contributed by atoms with Gasteiger partial charge in [0.15, 0.2) is 0 Å². The quantitative estimate of drug-likeness (QED) is 0.479. The van der Waals surface area contributed by atoms with Gasteiger partial charge in [0.1, 0.15) is 17.2 Å².